The number of benzene rings is 1. The third kappa shape index (κ3) is 12.4. The van der Waals surface area contributed by atoms with E-state index >= 15 is 0 Å². The van der Waals surface area contributed by atoms with Crippen molar-refractivity contribution in [2.24, 2.45) is 4.99 Å². The Morgan fingerprint density at radius 1 is 1.07 bits per heavy atom. The predicted molar refractivity (Wildman–Crippen MR) is 136 cm³/mol. The molecule has 0 amide bonds. The number of aryl methyl sites for hydroxylation is 1. The van der Waals surface area contributed by atoms with E-state index in [0.29, 0.717) is 6.61 Å². The maximum Gasteiger partial charge on any atom is 0.191 e. The van der Waals surface area contributed by atoms with Crippen molar-refractivity contribution in [1.29, 1.82) is 0 Å². The zero-order chi connectivity index (χ0) is 21.3. The highest BCUT2D eigenvalue weighted by molar-refractivity contribution is 14.0. The van der Waals surface area contributed by atoms with E-state index in [1.54, 1.807) is 14.2 Å². The Morgan fingerprint density at radius 2 is 1.87 bits per heavy atom. The van der Waals surface area contributed by atoms with Crippen molar-refractivity contribution in [3.8, 4) is 11.5 Å². The third-order valence-corrected chi connectivity index (χ3v) is 4.45. The highest BCUT2D eigenvalue weighted by Crippen LogP contribution is 2.28. The van der Waals surface area contributed by atoms with Crippen LogP contribution in [0.15, 0.2) is 23.2 Å². The summed E-state index contributed by atoms with van der Waals surface area (Å²) in [5.41, 5.74) is 1.24. The molecule has 2 N–H and O–H groups in total. The van der Waals surface area contributed by atoms with Crippen molar-refractivity contribution in [3.63, 3.8) is 0 Å². The molecule has 0 aromatic heterocycles. The number of methoxy groups -OCH3 is 2. The SMILES string of the molecule is CCNC(=NCCCc1ccc(OC)c(OCC)c1)NCCCN(C)CCOC.I. The Labute approximate surface area is 200 Å². The first-order valence-electron chi connectivity index (χ1n) is 10.6. The Bertz CT molecular complexity index is 588. The zero-order valence-electron chi connectivity index (χ0n) is 19.3. The highest BCUT2D eigenvalue weighted by atomic mass is 127. The summed E-state index contributed by atoms with van der Waals surface area (Å²) in [5, 5.41) is 6.73. The van der Waals surface area contributed by atoms with Crippen LogP contribution in [-0.2, 0) is 11.2 Å². The van der Waals surface area contributed by atoms with Gasteiger partial charge in [-0.2, -0.15) is 0 Å². The molecule has 8 heteroatoms. The molecule has 30 heavy (non-hydrogen) atoms. The van der Waals surface area contributed by atoms with Gasteiger partial charge in [-0.3, -0.25) is 4.99 Å². The van der Waals surface area contributed by atoms with Crippen molar-refractivity contribution in [1.82, 2.24) is 15.5 Å². The van der Waals surface area contributed by atoms with Crippen molar-refractivity contribution < 1.29 is 14.2 Å². The second-order valence-corrected chi connectivity index (χ2v) is 6.86. The first kappa shape index (κ1) is 28.7. The maximum atomic E-state index is 5.66. The van der Waals surface area contributed by atoms with Crippen molar-refractivity contribution in [2.45, 2.75) is 33.1 Å². The summed E-state index contributed by atoms with van der Waals surface area (Å²) in [7, 11) is 5.52. The Balaban J connectivity index is 0.00000841. The average molecular weight is 536 g/mol. The number of hydrogen-bond donors (Lipinski definition) is 2. The fourth-order valence-electron chi connectivity index (χ4n) is 2.88. The van der Waals surface area contributed by atoms with E-state index in [1.165, 1.54) is 5.56 Å². The molecule has 7 nitrogen and oxygen atoms in total. The van der Waals surface area contributed by atoms with Crippen LogP contribution in [0.3, 0.4) is 0 Å². The normalized spacial score (nSPS) is 11.2. The predicted octanol–water partition coefficient (Wildman–Crippen LogP) is 3.17. The molecule has 0 bridgehead atoms. The van der Waals surface area contributed by atoms with Gasteiger partial charge in [0.25, 0.3) is 0 Å². The molecule has 0 aliphatic rings. The number of likely N-dealkylation sites (N-methyl/N-ethyl adjacent to an activating group) is 1. The van der Waals surface area contributed by atoms with E-state index in [4.69, 9.17) is 19.2 Å². The van der Waals surface area contributed by atoms with Crippen LogP contribution in [0.2, 0.25) is 0 Å². The number of nitrogens with zero attached hydrogens (tertiary/aromatic N) is 2. The smallest absolute Gasteiger partial charge is 0.191 e. The Kier molecular flexibility index (Phi) is 17.7. The molecule has 174 valence electrons. The number of aliphatic imine (C=N–C) groups is 1. The number of ether oxygens (including phenoxy) is 3. The monoisotopic (exact) mass is 536 g/mol. The van der Waals surface area contributed by atoms with Gasteiger partial charge in [-0.1, -0.05) is 6.07 Å². The molecule has 0 saturated carbocycles. The van der Waals surface area contributed by atoms with Crippen LogP contribution in [0.4, 0.5) is 0 Å². The van der Waals surface area contributed by atoms with Gasteiger partial charge in [0.2, 0.25) is 0 Å². The minimum absolute atomic E-state index is 0. The molecule has 1 aromatic rings. The van der Waals surface area contributed by atoms with Crippen LogP contribution < -0.4 is 20.1 Å². The quantitative estimate of drug-likeness (QED) is 0.155. The summed E-state index contributed by atoms with van der Waals surface area (Å²) < 4.78 is 16.1. The molecule has 1 aromatic carbocycles. The summed E-state index contributed by atoms with van der Waals surface area (Å²) in [6, 6.07) is 6.13. The lowest BCUT2D eigenvalue weighted by molar-refractivity contribution is 0.161. The van der Waals surface area contributed by atoms with Gasteiger partial charge in [-0.05, 0) is 64.4 Å². The van der Waals surface area contributed by atoms with Crippen LogP contribution in [0, 0.1) is 0 Å². The van der Waals surface area contributed by atoms with Crippen LogP contribution in [0.25, 0.3) is 0 Å². The van der Waals surface area contributed by atoms with Crippen LogP contribution in [-0.4, -0.2) is 78.1 Å². The van der Waals surface area contributed by atoms with Gasteiger partial charge in [-0.15, -0.1) is 24.0 Å². The summed E-state index contributed by atoms with van der Waals surface area (Å²) in [6.07, 6.45) is 3.00. The number of halogens is 1. The number of guanidine groups is 1. The largest absolute Gasteiger partial charge is 0.493 e. The molecule has 0 saturated heterocycles. The van der Waals surface area contributed by atoms with E-state index in [2.05, 4.69) is 41.6 Å². The minimum Gasteiger partial charge on any atom is -0.493 e. The Morgan fingerprint density at radius 3 is 2.53 bits per heavy atom. The van der Waals surface area contributed by atoms with Crippen LogP contribution in [0.1, 0.15) is 32.3 Å². The first-order chi connectivity index (χ1) is 14.1. The molecular weight excluding hydrogens is 495 g/mol. The van der Waals surface area contributed by atoms with Crippen LogP contribution in [0.5, 0.6) is 11.5 Å². The average Bonchev–Trinajstić information content (AvgIpc) is 2.73. The van der Waals surface area contributed by atoms with Gasteiger partial charge in [0, 0.05) is 33.3 Å². The molecule has 0 radical (unpaired) electrons. The fourth-order valence-corrected chi connectivity index (χ4v) is 2.88. The fraction of sp³-hybridized carbons (Fsp3) is 0.682. The number of rotatable bonds is 15. The summed E-state index contributed by atoms with van der Waals surface area (Å²) in [4.78, 5) is 6.97. The van der Waals surface area contributed by atoms with E-state index < -0.39 is 0 Å². The topological polar surface area (TPSA) is 67.4 Å². The van der Waals surface area contributed by atoms with Gasteiger partial charge in [0.05, 0.1) is 20.3 Å². The second-order valence-electron chi connectivity index (χ2n) is 6.86. The maximum absolute atomic E-state index is 5.66. The van der Waals surface area contributed by atoms with Gasteiger partial charge in [0.15, 0.2) is 17.5 Å². The lowest BCUT2D eigenvalue weighted by Gasteiger charge is -2.17. The standard InChI is InChI=1S/C22H40N4O3.HI/c1-6-23-22(25-14-9-15-26(3)16-17-27-4)24-13-8-10-19-11-12-20(28-5)21(18-19)29-7-2;/h11-12,18H,6-10,13-17H2,1-5H3,(H2,23,24,25);1H. The van der Waals surface area contributed by atoms with E-state index in [0.717, 1.165) is 76.1 Å². The lowest BCUT2D eigenvalue weighted by Crippen LogP contribution is -2.38. The Hall–Kier alpha value is -1.26. The molecule has 0 heterocycles. The molecule has 0 aliphatic heterocycles. The zero-order valence-corrected chi connectivity index (χ0v) is 21.7. The second kappa shape index (κ2) is 18.5. The molecule has 0 unspecified atom stereocenters. The van der Waals surface area contributed by atoms with Crippen molar-refractivity contribution in [2.75, 3.05) is 67.2 Å². The lowest BCUT2D eigenvalue weighted by atomic mass is 10.1. The van der Waals surface area contributed by atoms with E-state index in [9.17, 15) is 0 Å². The molecule has 0 spiro atoms. The van der Waals surface area contributed by atoms with Crippen LogP contribution >= 0.6 is 24.0 Å². The number of nitrogens with one attached hydrogen (secondary N) is 2. The van der Waals surface area contributed by atoms with Gasteiger partial charge < -0.3 is 29.7 Å². The summed E-state index contributed by atoms with van der Waals surface area (Å²) in [5.74, 6) is 2.47. The van der Waals surface area contributed by atoms with Crippen molar-refractivity contribution >= 4 is 29.9 Å². The molecular formula is C22H41IN4O3. The van der Waals surface area contributed by atoms with E-state index in [-0.39, 0.29) is 24.0 Å². The van der Waals surface area contributed by atoms with Gasteiger partial charge in [0.1, 0.15) is 0 Å². The van der Waals surface area contributed by atoms with Gasteiger partial charge >= 0.3 is 0 Å². The van der Waals surface area contributed by atoms with E-state index in [1.807, 2.05) is 13.0 Å². The highest BCUT2D eigenvalue weighted by Gasteiger charge is 2.05. The third-order valence-electron chi connectivity index (χ3n) is 4.45. The number of hydrogen-bond acceptors (Lipinski definition) is 5. The molecule has 0 atom stereocenters. The molecule has 0 fully saturated rings. The van der Waals surface area contributed by atoms with Gasteiger partial charge in [-0.25, -0.2) is 0 Å². The summed E-state index contributed by atoms with van der Waals surface area (Å²) >= 11 is 0. The minimum atomic E-state index is 0. The van der Waals surface area contributed by atoms with Crippen molar-refractivity contribution in [3.05, 3.63) is 23.8 Å². The molecule has 0 aliphatic carbocycles. The molecule has 1 rings (SSSR count). The first-order valence-corrected chi connectivity index (χ1v) is 10.6. The summed E-state index contributed by atoms with van der Waals surface area (Å²) in [6.45, 7) is 10.00.